The molecule has 4 heterocycles. The van der Waals surface area contributed by atoms with Crippen molar-refractivity contribution in [2.24, 2.45) is 10.9 Å². The molecule has 2 aromatic rings. The van der Waals surface area contributed by atoms with Crippen LogP contribution in [0.15, 0.2) is 41.2 Å². The highest BCUT2D eigenvalue weighted by Gasteiger charge is 2.43. The Balaban J connectivity index is 1.50. The molecule has 1 unspecified atom stereocenters. The van der Waals surface area contributed by atoms with E-state index in [0.29, 0.717) is 75.4 Å². The topological polar surface area (TPSA) is 103 Å². The van der Waals surface area contributed by atoms with Gasteiger partial charge in [0.15, 0.2) is 0 Å². The molecule has 2 saturated heterocycles. The molecule has 2 amide bonds. The van der Waals surface area contributed by atoms with Crippen molar-refractivity contribution in [1.82, 2.24) is 14.9 Å². The van der Waals surface area contributed by atoms with Crippen LogP contribution in [0.4, 0.5) is 34.9 Å². The number of piperazine rings is 1. The second-order valence-corrected chi connectivity index (χ2v) is 10.2. The molecule has 0 radical (unpaired) electrons. The molecule has 14 heteroatoms. The molecule has 1 aromatic heterocycles. The molecule has 218 valence electrons. The lowest BCUT2D eigenvalue weighted by atomic mass is 9.95. The number of amides is 2. The molecule has 41 heavy (non-hydrogen) atoms. The number of rotatable bonds is 5. The SMILES string of the molecule is C[C@H]1CN(c2cc(F)c(-c3cnc(N4CCOCC4)nc3)cc2NC(=O)C2C=NC(=O)C=C2C(F)(F)F)CCN1C. The Kier molecular flexibility index (Phi) is 8.04. The van der Waals surface area contributed by atoms with E-state index in [-0.39, 0.29) is 17.3 Å². The van der Waals surface area contributed by atoms with E-state index in [1.807, 2.05) is 23.8 Å². The van der Waals surface area contributed by atoms with E-state index >= 15 is 4.39 Å². The molecular formula is C27H29F4N7O3. The number of aromatic nitrogens is 2. The van der Waals surface area contributed by atoms with Gasteiger partial charge in [-0.25, -0.2) is 19.4 Å². The van der Waals surface area contributed by atoms with E-state index in [0.717, 1.165) is 0 Å². The summed E-state index contributed by atoms with van der Waals surface area (Å²) < 4.78 is 62.0. The molecule has 1 N–H and O–H groups in total. The molecule has 3 aliphatic heterocycles. The standard InChI is InChI=1S/C27H29F4N7O3/c1-16-15-38(4-3-36(16)2)23-11-21(28)18(17-12-33-26(34-13-17)37-5-7-41-8-6-37)9-22(23)35-25(40)19-14-32-24(39)10-20(19)27(29,30)31/h9-14,16,19H,3-8,15H2,1-2H3,(H,35,40)/t16-,19?/m0/s1. The minimum atomic E-state index is -4.92. The summed E-state index contributed by atoms with van der Waals surface area (Å²) in [6.45, 7) is 5.99. The number of anilines is 3. The number of hydrogen-bond acceptors (Lipinski definition) is 8. The van der Waals surface area contributed by atoms with Crippen LogP contribution < -0.4 is 15.1 Å². The zero-order valence-corrected chi connectivity index (χ0v) is 22.5. The van der Waals surface area contributed by atoms with Crippen molar-refractivity contribution in [3.05, 3.63) is 42.0 Å². The van der Waals surface area contributed by atoms with Crippen LogP contribution in [0.1, 0.15) is 6.92 Å². The predicted molar refractivity (Wildman–Crippen MR) is 145 cm³/mol. The van der Waals surface area contributed by atoms with Gasteiger partial charge in [-0.2, -0.15) is 13.2 Å². The highest BCUT2D eigenvalue weighted by molar-refractivity contribution is 6.11. The fourth-order valence-corrected chi connectivity index (χ4v) is 4.97. The number of carbonyl (C=O) groups excluding carboxylic acids is 2. The maximum Gasteiger partial charge on any atom is 0.414 e. The average molecular weight is 576 g/mol. The molecule has 0 aliphatic carbocycles. The summed E-state index contributed by atoms with van der Waals surface area (Å²) in [6.07, 6.45) is -1.00. The number of ether oxygens (including phenoxy) is 1. The van der Waals surface area contributed by atoms with Crippen molar-refractivity contribution in [3.63, 3.8) is 0 Å². The van der Waals surface area contributed by atoms with Gasteiger partial charge in [0, 0.05) is 74.6 Å². The zero-order valence-electron chi connectivity index (χ0n) is 22.5. The number of nitrogens with zero attached hydrogens (tertiary/aromatic N) is 6. The Labute approximate surface area is 233 Å². The first-order chi connectivity index (χ1) is 19.5. The van der Waals surface area contributed by atoms with Crippen LogP contribution in [0, 0.1) is 11.7 Å². The number of nitrogens with one attached hydrogen (secondary N) is 1. The number of likely N-dealkylation sites (N-methyl/N-ethyl adjacent to an activating group) is 1. The van der Waals surface area contributed by atoms with E-state index in [9.17, 15) is 22.8 Å². The molecule has 0 saturated carbocycles. The van der Waals surface area contributed by atoms with Gasteiger partial charge in [0.05, 0.1) is 30.2 Å². The van der Waals surface area contributed by atoms with Crippen LogP contribution in [0.2, 0.25) is 0 Å². The largest absolute Gasteiger partial charge is 0.414 e. The first kappa shape index (κ1) is 28.6. The van der Waals surface area contributed by atoms with E-state index in [1.165, 1.54) is 24.5 Å². The van der Waals surface area contributed by atoms with Gasteiger partial charge in [0.1, 0.15) is 11.7 Å². The normalized spacial score (nSPS) is 22.1. The monoisotopic (exact) mass is 575 g/mol. The summed E-state index contributed by atoms with van der Waals surface area (Å²) in [5.41, 5.74) is -0.481. The second-order valence-electron chi connectivity index (χ2n) is 10.2. The first-order valence-electron chi connectivity index (χ1n) is 13.1. The van der Waals surface area contributed by atoms with Gasteiger partial charge < -0.3 is 24.8 Å². The third-order valence-electron chi connectivity index (χ3n) is 7.46. The van der Waals surface area contributed by atoms with Gasteiger partial charge in [-0.3, -0.25) is 9.59 Å². The lowest BCUT2D eigenvalue weighted by Gasteiger charge is -2.40. The van der Waals surface area contributed by atoms with Crippen LogP contribution in [-0.2, 0) is 14.3 Å². The van der Waals surface area contributed by atoms with Gasteiger partial charge in [-0.15, -0.1) is 0 Å². The number of halogens is 4. The quantitative estimate of drug-likeness (QED) is 0.544. The minimum Gasteiger partial charge on any atom is -0.378 e. The van der Waals surface area contributed by atoms with E-state index < -0.39 is 35.3 Å². The molecule has 3 aliphatic rings. The smallest absolute Gasteiger partial charge is 0.378 e. The number of aliphatic imine (C=N–C) groups is 1. The van der Waals surface area contributed by atoms with Crippen molar-refractivity contribution in [2.45, 2.75) is 19.1 Å². The zero-order chi connectivity index (χ0) is 29.3. The highest BCUT2D eigenvalue weighted by Crippen LogP contribution is 2.37. The first-order valence-corrected chi connectivity index (χ1v) is 13.1. The number of alkyl halides is 3. The van der Waals surface area contributed by atoms with Crippen molar-refractivity contribution in [3.8, 4) is 11.1 Å². The molecule has 2 fully saturated rings. The summed E-state index contributed by atoms with van der Waals surface area (Å²) in [5.74, 6) is -4.14. The molecule has 10 nitrogen and oxygen atoms in total. The Bertz CT molecular complexity index is 1370. The molecule has 0 bridgehead atoms. The minimum absolute atomic E-state index is 0.0684. The fourth-order valence-electron chi connectivity index (χ4n) is 4.97. The van der Waals surface area contributed by atoms with Crippen molar-refractivity contribution in [2.75, 3.05) is 68.1 Å². The van der Waals surface area contributed by atoms with Crippen LogP contribution >= 0.6 is 0 Å². The Hall–Kier alpha value is -3.91. The Morgan fingerprint density at radius 2 is 1.78 bits per heavy atom. The lowest BCUT2D eigenvalue weighted by molar-refractivity contribution is -0.124. The van der Waals surface area contributed by atoms with Gasteiger partial charge in [-0.1, -0.05) is 0 Å². The van der Waals surface area contributed by atoms with Gasteiger partial charge in [0.25, 0.3) is 5.91 Å². The molecular weight excluding hydrogens is 546 g/mol. The number of dihydropyridines is 1. The third kappa shape index (κ3) is 6.22. The molecule has 5 rings (SSSR count). The summed E-state index contributed by atoms with van der Waals surface area (Å²) in [7, 11) is 1.96. The summed E-state index contributed by atoms with van der Waals surface area (Å²) in [5, 5.41) is 2.55. The average Bonchev–Trinajstić information content (AvgIpc) is 2.95. The molecule has 2 atom stereocenters. The Morgan fingerprint density at radius 1 is 1.07 bits per heavy atom. The second kappa shape index (κ2) is 11.5. The maximum absolute atomic E-state index is 15.6. The Morgan fingerprint density at radius 3 is 2.44 bits per heavy atom. The third-order valence-corrected chi connectivity index (χ3v) is 7.46. The highest BCUT2D eigenvalue weighted by atomic mass is 19.4. The lowest BCUT2D eigenvalue weighted by Crippen LogP contribution is -2.50. The summed E-state index contributed by atoms with van der Waals surface area (Å²) in [6, 6.07) is 2.74. The number of morpholine rings is 1. The van der Waals surface area contributed by atoms with Crippen LogP contribution in [0.25, 0.3) is 11.1 Å². The van der Waals surface area contributed by atoms with Gasteiger partial charge in [-0.05, 0) is 26.1 Å². The van der Waals surface area contributed by atoms with Crippen molar-refractivity contribution < 1.29 is 31.9 Å². The predicted octanol–water partition coefficient (Wildman–Crippen LogP) is 2.91. The van der Waals surface area contributed by atoms with E-state index in [1.54, 1.807) is 0 Å². The fraction of sp³-hybridized carbons (Fsp3) is 0.444. The van der Waals surface area contributed by atoms with Crippen molar-refractivity contribution >= 4 is 35.4 Å². The summed E-state index contributed by atoms with van der Waals surface area (Å²) in [4.78, 5) is 42.8. The number of carbonyl (C=O) groups is 2. The molecule has 1 aromatic carbocycles. The molecule has 0 spiro atoms. The maximum atomic E-state index is 15.6. The number of hydrogen-bond donors (Lipinski definition) is 1. The summed E-state index contributed by atoms with van der Waals surface area (Å²) >= 11 is 0. The number of benzene rings is 1. The van der Waals surface area contributed by atoms with E-state index in [2.05, 4.69) is 25.2 Å². The van der Waals surface area contributed by atoms with Gasteiger partial charge in [0.2, 0.25) is 11.9 Å². The van der Waals surface area contributed by atoms with Crippen LogP contribution in [-0.4, -0.2) is 98.1 Å². The van der Waals surface area contributed by atoms with Crippen LogP contribution in [0.5, 0.6) is 0 Å². The van der Waals surface area contributed by atoms with E-state index in [4.69, 9.17) is 4.74 Å². The van der Waals surface area contributed by atoms with Crippen molar-refractivity contribution in [1.29, 1.82) is 0 Å². The van der Waals surface area contributed by atoms with Gasteiger partial charge >= 0.3 is 6.18 Å². The van der Waals surface area contributed by atoms with Crippen LogP contribution in [0.3, 0.4) is 0 Å².